The predicted molar refractivity (Wildman–Crippen MR) is 196 cm³/mol. The van der Waals surface area contributed by atoms with Crippen molar-refractivity contribution >= 4 is 47.6 Å². The summed E-state index contributed by atoms with van der Waals surface area (Å²) in [5, 5.41) is 36.1. The topological polar surface area (TPSA) is 287 Å². The monoisotopic (exact) mass is 758 g/mol. The highest BCUT2D eigenvalue weighted by atomic mass is 16.4. The number of hydrogen-bond donors (Lipinski definition) is 8. The van der Waals surface area contributed by atoms with Crippen molar-refractivity contribution < 1.29 is 48.9 Å². The zero-order valence-electron chi connectivity index (χ0n) is 29.5. The summed E-state index contributed by atoms with van der Waals surface area (Å²) in [5.74, 6) is -6.87. The Bertz CT molecular complexity index is 1890. The number of nitrogens with one attached hydrogen (secondary N) is 3. The summed E-state index contributed by atoms with van der Waals surface area (Å²) in [6.45, 7) is -0.624. The highest BCUT2D eigenvalue weighted by Gasteiger charge is 2.45. The van der Waals surface area contributed by atoms with Gasteiger partial charge in [0.2, 0.25) is 17.7 Å². The van der Waals surface area contributed by atoms with Crippen LogP contribution in [0.25, 0.3) is 0 Å². The van der Waals surface area contributed by atoms with Crippen LogP contribution >= 0.6 is 0 Å². The number of carbonyl (C=O) groups is 7. The first kappa shape index (κ1) is 40.8. The van der Waals surface area contributed by atoms with Crippen LogP contribution in [0.5, 0.6) is 5.75 Å². The first-order chi connectivity index (χ1) is 26.2. The molecule has 0 aliphatic carbocycles. The number of nitrogens with two attached hydrogens (primary N) is 2. The highest BCUT2D eigenvalue weighted by Crippen LogP contribution is 2.24. The van der Waals surface area contributed by atoms with Crippen molar-refractivity contribution in [1.29, 1.82) is 0 Å². The number of imide groups is 1. The number of aliphatic carboxylic acids is 2. The van der Waals surface area contributed by atoms with Crippen LogP contribution in [-0.2, 0) is 41.7 Å². The van der Waals surface area contributed by atoms with Gasteiger partial charge in [0.25, 0.3) is 5.91 Å². The van der Waals surface area contributed by atoms with Gasteiger partial charge in [-0.15, -0.1) is 0 Å². The third kappa shape index (κ3) is 11.8. The number of carboxylic acid groups (broad SMARTS) is 2. The number of urea groups is 1. The third-order valence-corrected chi connectivity index (χ3v) is 8.53. The lowest BCUT2D eigenvalue weighted by Gasteiger charge is -2.25. The Balaban J connectivity index is 1.50. The van der Waals surface area contributed by atoms with E-state index in [1.165, 1.54) is 41.3 Å². The molecule has 0 spiro atoms. The molecule has 18 nitrogen and oxygen atoms in total. The van der Waals surface area contributed by atoms with E-state index in [2.05, 4.69) is 20.9 Å². The van der Waals surface area contributed by atoms with Gasteiger partial charge in [-0.25, -0.2) is 9.59 Å². The molecule has 1 saturated heterocycles. The van der Waals surface area contributed by atoms with Gasteiger partial charge < -0.3 is 47.6 Å². The molecule has 290 valence electrons. The number of aliphatic imine (C=N–C) groups is 1. The molecule has 0 unspecified atom stereocenters. The molecule has 0 aromatic heterocycles. The molecule has 4 atom stereocenters. The third-order valence-electron chi connectivity index (χ3n) is 8.53. The maximum Gasteiger partial charge on any atom is 0.328 e. The van der Waals surface area contributed by atoms with E-state index in [4.69, 9.17) is 11.5 Å². The number of carbonyl (C=O) groups excluding carboxylic acids is 5. The van der Waals surface area contributed by atoms with Crippen molar-refractivity contribution in [3.8, 4) is 5.75 Å². The summed E-state index contributed by atoms with van der Waals surface area (Å²) >= 11 is 0. The molecule has 0 saturated carbocycles. The minimum absolute atomic E-state index is 0.0428. The Morgan fingerprint density at radius 2 is 1.42 bits per heavy atom. The zero-order chi connectivity index (χ0) is 40.1. The van der Waals surface area contributed by atoms with Crippen molar-refractivity contribution in [3.05, 3.63) is 102 Å². The average Bonchev–Trinajstić information content (AvgIpc) is 3.36. The van der Waals surface area contributed by atoms with E-state index in [-0.39, 0.29) is 43.2 Å². The summed E-state index contributed by atoms with van der Waals surface area (Å²) in [6, 6.07) is 15.6. The van der Waals surface area contributed by atoms with Crippen LogP contribution in [0.15, 0.2) is 89.9 Å². The summed E-state index contributed by atoms with van der Waals surface area (Å²) in [5.41, 5.74) is 12.2. The molecule has 55 heavy (non-hydrogen) atoms. The quantitative estimate of drug-likeness (QED) is 0.0352. The number of hydrogen-bond acceptors (Lipinski definition) is 9. The molecule has 1 aliphatic rings. The molecule has 1 fully saturated rings. The van der Waals surface area contributed by atoms with E-state index in [1.54, 1.807) is 48.5 Å². The van der Waals surface area contributed by atoms with E-state index in [0.717, 1.165) is 5.56 Å². The molecular formula is C37H42N8O10. The van der Waals surface area contributed by atoms with E-state index >= 15 is 0 Å². The summed E-state index contributed by atoms with van der Waals surface area (Å²) in [6.07, 6.45) is -0.637. The van der Waals surface area contributed by atoms with Gasteiger partial charge in [0, 0.05) is 19.5 Å². The Hall–Kier alpha value is -6.98. The minimum atomic E-state index is -1.79. The van der Waals surface area contributed by atoms with Crippen LogP contribution in [0.4, 0.5) is 4.79 Å². The van der Waals surface area contributed by atoms with Gasteiger partial charge in [0.1, 0.15) is 36.5 Å². The molecule has 3 aromatic rings. The summed E-state index contributed by atoms with van der Waals surface area (Å²) < 4.78 is 0. The van der Waals surface area contributed by atoms with Crippen molar-refractivity contribution in [2.24, 2.45) is 16.5 Å². The average molecular weight is 759 g/mol. The van der Waals surface area contributed by atoms with Gasteiger partial charge in [0.05, 0.1) is 6.42 Å². The summed E-state index contributed by atoms with van der Waals surface area (Å²) in [7, 11) is 0. The number of phenols is 1. The van der Waals surface area contributed by atoms with Crippen molar-refractivity contribution in [2.75, 3.05) is 13.1 Å². The Morgan fingerprint density at radius 3 is 2.02 bits per heavy atom. The smallest absolute Gasteiger partial charge is 0.328 e. The second-order valence-corrected chi connectivity index (χ2v) is 12.6. The summed E-state index contributed by atoms with van der Waals surface area (Å²) in [4.78, 5) is 97.5. The fourth-order valence-corrected chi connectivity index (χ4v) is 5.85. The number of carboxylic acids is 2. The largest absolute Gasteiger partial charge is 0.508 e. The van der Waals surface area contributed by atoms with Crippen LogP contribution in [-0.4, -0.2) is 104 Å². The van der Waals surface area contributed by atoms with Gasteiger partial charge >= 0.3 is 18.0 Å². The second-order valence-electron chi connectivity index (χ2n) is 12.6. The maximum atomic E-state index is 13.6. The number of amides is 6. The fourth-order valence-electron chi connectivity index (χ4n) is 5.85. The number of guanidine groups is 1. The van der Waals surface area contributed by atoms with Gasteiger partial charge in [-0.3, -0.25) is 33.9 Å². The van der Waals surface area contributed by atoms with Crippen molar-refractivity contribution in [3.63, 3.8) is 0 Å². The lowest BCUT2D eigenvalue weighted by Crippen LogP contribution is -2.54. The van der Waals surface area contributed by atoms with Crippen LogP contribution in [0, 0.1) is 0 Å². The molecule has 18 heteroatoms. The molecule has 0 bridgehead atoms. The van der Waals surface area contributed by atoms with Crippen LogP contribution in [0.3, 0.4) is 0 Å². The minimum Gasteiger partial charge on any atom is -0.508 e. The van der Waals surface area contributed by atoms with E-state index in [9.17, 15) is 48.9 Å². The van der Waals surface area contributed by atoms with Gasteiger partial charge in [0.15, 0.2) is 5.96 Å². The number of nitrogens with zero attached hydrogens (tertiary/aromatic N) is 3. The number of rotatable bonds is 19. The molecule has 3 aromatic carbocycles. The lowest BCUT2D eigenvalue weighted by molar-refractivity contribution is -0.143. The zero-order valence-corrected chi connectivity index (χ0v) is 29.5. The number of benzene rings is 3. The SMILES string of the molecule is NC(N)=NCCC[C@H]1C(=O)N(CC(=O)N[C@H](CC(=O)O)C(=O)N[C@H](C(=O)N[C@@H](Cc2ccc(O)cc2)C(=O)O)c2ccccc2)C(=O)N1Cc1ccccc1. The van der Waals surface area contributed by atoms with Gasteiger partial charge in [-0.2, -0.15) is 0 Å². The first-order valence-corrected chi connectivity index (χ1v) is 17.1. The number of phenolic OH excluding ortho intramolecular Hbond substituents is 1. The van der Waals surface area contributed by atoms with Crippen molar-refractivity contribution in [1.82, 2.24) is 25.8 Å². The predicted octanol–water partition coefficient (Wildman–Crippen LogP) is 0.208. The molecule has 0 radical (unpaired) electrons. The molecule has 4 rings (SSSR count). The fraction of sp³-hybridized carbons (Fsp3) is 0.297. The van der Waals surface area contributed by atoms with Gasteiger partial charge in [-0.05, 0) is 41.7 Å². The van der Waals surface area contributed by atoms with Gasteiger partial charge in [-0.1, -0.05) is 72.8 Å². The standard InChI is InChI=1S/C37H42N8O10/c38-36(39)40-17-7-12-28-34(52)45(37(55)44(28)20-23-8-3-1-4-9-23)21-29(47)41-26(19-30(48)49)32(50)43-31(24-10-5-2-6-11-24)33(51)42-27(35(53)54)18-22-13-15-25(46)16-14-22/h1-6,8-11,13-16,26-28,31,46H,7,12,17-21H2,(H,41,47)(H,42,51)(H,43,50)(H,48,49)(H,53,54)(H4,38,39,40)/t26-,27+,28+,31+/m1/s1. The lowest BCUT2D eigenvalue weighted by atomic mass is 10.0. The molecule has 6 amide bonds. The van der Waals surface area contributed by atoms with Crippen LogP contribution in [0.2, 0.25) is 0 Å². The normalized spacial score (nSPS) is 15.4. The molecule has 1 aliphatic heterocycles. The Morgan fingerprint density at radius 1 is 0.782 bits per heavy atom. The first-order valence-electron chi connectivity index (χ1n) is 17.1. The van der Waals surface area contributed by atoms with E-state index in [1.807, 2.05) is 0 Å². The number of aromatic hydroxyl groups is 1. The second kappa shape index (κ2) is 19.2. The Kier molecular flexibility index (Phi) is 14.2. The molecule has 10 N–H and O–H groups in total. The van der Waals surface area contributed by atoms with Crippen molar-refractivity contribution in [2.45, 2.75) is 56.4 Å². The molecular weight excluding hydrogens is 716 g/mol. The van der Waals surface area contributed by atoms with E-state index in [0.29, 0.717) is 16.9 Å². The molecule has 1 heterocycles. The van der Waals surface area contributed by atoms with Crippen LogP contribution in [0.1, 0.15) is 42.0 Å². The van der Waals surface area contributed by atoms with E-state index < -0.39 is 78.7 Å². The van der Waals surface area contributed by atoms with Crippen LogP contribution < -0.4 is 27.4 Å². The maximum absolute atomic E-state index is 13.6. The Labute approximate surface area is 315 Å². The highest BCUT2D eigenvalue weighted by molar-refractivity contribution is 6.07.